The number of piperidine rings is 1. The molecule has 0 bridgehead atoms. The third kappa shape index (κ3) is 3.99. The van der Waals surface area contributed by atoms with Gasteiger partial charge in [-0.15, -0.1) is 0 Å². The van der Waals surface area contributed by atoms with Gasteiger partial charge in [-0.1, -0.05) is 12.1 Å². The molecule has 3 rings (SSSR count). The van der Waals surface area contributed by atoms with Crippen molar-refractivity contribution in [2.75, 3.05) is 13.1 Å². The smallest absolute Gasteiger partial charge is 0.251 e. The maximum absolute atomic E-state index is 12.4. The Morgan fingerprint density at radius 2 is 2.26 bits per heavy atom. The number of nitrogens with zero attached hydrogens (tertiary/aromatic N) is 2. The molecule has 1 unspecified atom stereocenters. The topological polar surface area (TPSA) is 59.0 Å². The van der Waals surface area contributed by atoms with E-state index in [9.17, 15) is 4.79 Å². The van der Waals surface area contributed by atoms with Crippen LogP contribution in [0.15, 0.2) is 30.3 Å². The molecule has 0 spiro atoms. The first-order valence-electron chi connectivity index (χ1n) is 8.23. The monoisotopic (exact) mass is 312 g/mol. The van der Waals surface area contributed by atoms with Gasteiger partial charge in [0.05, 0.1) is 12.2 Å². The molecule has 2 N–H and O–H groups in total. The minimum Gasteiger partial charge on any atom is -0.348 e. The van der Waals surface area contributed by atoms with Crippen molar-refractivity contribution in [3.05, 3.63) is 52.8 Å². The number of carbonyl (C=O) groups is 1. The van der Waals surface area contributed by atoms with Crippen molar-refractivity contribution in [2.45, 2.75) is 39.3 Å². The average Bonchev–Trinajstić information content (AvgIpc) is 2.86. The standard InChI is InChI=1S/C18H24N4O/c1-13-9-14(2)22(21-13)12-15-5-3-6-16(10-15)18(23)20-17-7-4-8-19-11-17/h3,5-6,9-10,17,19H,4,7-8,11-12H2,1-2H3,(H,20,23). The second-order valence-corrected chi connectivity index (χ2v) is 6.30. The summed E-state index contributed by atoms with van der Waals surface area (Å²) in [4.78, 5) is 12.4. The largest absolute Gasteiger partial charge is 0.348 e. The minimum absolute atomic E-state index is 0.00826. The molecule has 2 aromatic rings. The number of amides is 1. The van der Waals surface area contributed by atoms with Gasteiger partial charge in [-0.3, -0.25) is 9.48 Å². The number of aromatic nitrogens is 2. The Balaban J connectivity index is 1.69. The Bertz CT molecular complexity index is 686. The van der Waals surface area contributed by atoms with Crippen molar-refractivity contribution in [2.24, 2.45) is 0 Å². The van der Waals surface area contributed by atoms with Crippen molar-refractivity contribution >= 4 is 5.91 Å². The predicted octanol–water partition coefficient (Wildman–Crippen LogP) is 2.03. The number of rotatable bonds is 4. The molecule has 5 heteroatoms. The molecule has 1 saturated heterocycles. The highest BCUT2D eigenvalue weighted by Gasteiger charge is 2.16. The summed E-state index contributed by atoms with van der Waals surface area (Å²) in [6.07, 6.45) is 2.16. The zero-order valence-electron chi connectivity index (χ0n) is 13.8. The van der Waals surface area contributed by atoms with Crippen molar-refractivity contribution in [1.82, 2.24) is 20.4 Å². The molecule has 1 aromatic heterocycles. The fourth-order valence-corrected chi connectivity index (χ4v) is 3.06. The molecule has 1 aliphatic rings. The zero-order chi connectivity index (χ0) is 16.2. The van der Waals surface area contributed by atoms with Crippen LogP contribution in [0, 0.1) is 13.8 Å². The Kier molecular flexibility index (Phi) is 4.76. The van der Waals surface area contributed by atoms with Crippen LogP contribution >= 0.6 is 0 Å². The molecule has 23 heavy (non-hydrogen) atoms. The molecule has 1 fully saturated rings. The fraction of sp³-hybridized carbons (Fsp3) is 0.444. The van der Waals surface area contributed by atoms with Crippen LogP contribution in [0.2, 0.25) is 0 Å². The Labute approximate surface area is 137 Å². The SMILES string of the molecule is Cc1cc(C)n(Cc2cccc(C(=O)NC3CCCNC3)c2)n1. The molecule has 122 valence electrons. The summed E-state index contributed by atoms with van der Waals surface area (Å²) in [6.45, 7) is 6.63. The van der Waals surface area contributed by atoms with Crippen molar-refractivity contribution in [3.8, 4) is 0 Å². The third-order valence-electron chi connectivity index (χ3n) is 4.26. The van der Waals surface area contributed by atoms with Crippen LogP contribution in [0.3, 0.4) is 0 Å². The number of aryl methyl sites for hydroxylation is 2. The second-order valence-electron chi connectivity index (χ2n) is 6.30. The van der Waals surface area contributed by atoms with E-state index < -0.39 is 0 Å². The van der Waals surface area contributed by atoms with Crippen LogP contribution < -0.4 is 10.6 Å². The van der Waals surface area contributed by atoms with Crippen LogP contribution in [0.25, 0.3) is 0 Å². The van der Waals surface area contributed by atoms with E-state index in [1.807, 2.05) is 42.8 Å². The third-order valence-corrected chi connectivity index (χ3v) is 4.26. The number of carbonyl (C=O) groups excluding carboxylic acids is 1. The molecule has 0 saturated carbocycles. The summed E-state index contributed by atoms with van der Waals surface area (Å²) >= 11 is 0. The molecule has 2 heterocycles. The molecular formula is C18H24N4O. The van der Waals surface area contributed by atoms with Gasteiger partial charge < -0.3 is 10.6 Å². The summed E-state index contributed by atoms with van der Waals surface area (Å²) in [5.41, 5.74) is 3.95. The molecule has 5 nitrogen and oxygen atoms in total. The van der Waals surface area contributed by atoms with Gasteiger partial charge >= 0.3 is 0 Å². The van der Waals surface area contributed by atoms with Gasteiger partial charge in [0.15, 0.2) is 0 Å². The van der Waals surface area contributed by atoms with Gasteiger partial charge in [0.2, 0.25) is 0 Å². The predicted molar refractivity (Wildman–Crippen MR) is 90.6 cm³/mol. The van der Waals surface area contributed by atoms with E-state index in [0.717, 1.165) is 48.4 Å². The lowest BCUT2D eigenvalue weighted by molar-refractivity contribution is 0.0930. The van der Waals surface area contributed by atoms with E-state index >= 15 is 0 Å². The zero-order valence-corrected chi connectivity index (χ0v) is 13.8. The van der Waals surface area contributed by atoms with E-state index in [2.05, 4.69) is 21.8 Å². The van der Waals surface area contributed by atoms with Crippen LogP contribution in [-0.2, 0) is 6.54 Å². The van der Waals surface area contributed by atoms with Gasteiger partial charge in [0.1, 0.15) is 0 Å². The van der Waals surface area contributed by atoms with E-state index in [1.165, 1.54) is 0 Å². The van der Waals surface area contributed by atoms with Gasteiger partial charge in [-0.25, -0.2) is 0 Å². The minimum atomic E-state index is 0.00826. The first kappa shape index (κ1) is 15.7. The van der Waals surface area contributed by atoms with Gasteiger partial charge in [-0.05, 0) is 57.0 Å². The van der Waals surface area contributed by atoms with Crippen LogP contribution in [0.1, 0.15) is 40.2 Å². The summed E-state index contributed by atoms with van der Waals surface area (Å²) < 4.78 is 1.97. The summed E-state index contributed by atoms with van der Waals surface area (Å²) in [7, 11) is 0. The number of nitrogens with one attached hydrogen (secondary N) is 2. The lowest BCUT2D eigenvalue weighted by atomic mass is 10.1. The number of hydrogen-bond acceptors (Lipinski definition) is 3. The van der Waals surface area contributed by atoms with E-state index in [1.54, 1.807) is 0 Å². The fourth-order valence-electron chi connectivity index (χ4n) is 3.06. The van der Waals surface area contributed by atoms with Crippen molar-refractivity contribution in [1.29, 1.82) is 0 Å². The molecule has 1 atom stereocenters. The average molecular weight is 312 g/mol. The number of hydrogen-bond donors (Lipinski definition) is 2. The summed E-state index contributed by atoms with van der Waals surface area (Å²) in [6, 6.07) is 10.1. The van der Waals surface area contributed by atoms with Crippen LogP contribution in [0.5, 0.6) is 0 Å². The highest BCUT2D eigenvalue weighted by Crippen LogP contribution is 2.11. The molecule has 1 amide bonds. The molecule has 1 aliphatic heterocycles. The highest BCUT2D eigenvalue weighted by molar-refractivity contribution is 5.94. The van der Waals surface area contributed by atoms with E-state index in [4.69, 9.17) is 0 Å². The quantitative estimate of drug-likeness (QED) is 0.908. The van der Waals surface area contributed by atoms with Crippen LogP contribution in [-0.4, -0.2) is 34.8 Å². The van der Waals surface area contributed by atoms with E-state index in [-0.39, 0.29) is 11.9 Å². The Morgan fingerprint density at radius 3 is 2.96 bits per heavy atom. The lowest BCUT2D eigenvalue weighted by Gasteiger charge is -2.23. The summed E-state index contributed by atoms with van der Waals surface area (Å²) in [5, 5.41) is 10.9. The van der Waals surface area contributed by atoms with E-state index in [0.29, 0.717) is 6.54 Å². The Morgan fingerprint density at radius 1 is 1.39 bits per heavy atom. The number of benzene rings is 1. The second kappa shape index (κ2) is 6.96. The van der Waals surface area contributed by atoms with Crippen molar-refractivity contribution < 1.29 is 4.79 Å². The molecular weight excluding hydrogens is 288 g/mol. The van der Waals surface area contributed by atoms with Crippen LogP contribution in [0.4, 0.5) is 0 Å². The Hall–Kier alpha value is -2.14. The maximum atomic E-state index is 12.4. The van der Waals surface area contributed by atoms with Crippen molar-refractivity contribution in [3.63, 3.8) is 0 Å². The first-order valence-corrected chi connectivity index (χ1v) is 8.23. The molecule has 1 aromatic carbocycles. The first-order chi connectivity index (χ1) is 11.1. The maximum Gasteiger partial charge on any atom is 0.251 e. The lowest BCUT2D eigenvalue weighted by Crippen LogP contribution is -2.45. The molecule has 0 radical (unpaired) electrons. The van der Waals surface area contributed by atoms with Gasteiger partial charge in [-0.2, -0.15) is 5.10 Å². The highest BCUT2D eigenvalue weighted by atomic mass is 16.1. The van der Waals surface area contributed by atoms with Gasteiger partial charge in [0, 0.05) is 23.8 Å². The normalized spacial score (nSPS) is 17.9. The summed E-state index contributed by atoms with van der Waals surface area (Å²) in [5.74, 6) is 0.00826. The van der Waals surface area contributed by atoms with Gasteiger partial charge in [0.25, 0.3) is 5.91 Å². The molecule has 0 aliphatic carbocycles.